The van der Waals surface area contributed by atoms with E-state index >= 15 is 0 Å². The maximum absolute atomic E-state index is 10.7. The molecule has 1 aliphatic heterocycles. The third-order valence-corrected chi connectivity index (χ3v) is 2.23. The smallest absolute Gasteiger partial charge is 0.264 e. The van der Waals surface area contributed by atoms with Crippen LogP contribution in [0.2, 0.25) is 0 Å². The van der Waals surface area contributed by atoms with Crippen LogP contribution < -0.4 is 0 Å². The van der Waals surface area contributed by atoms with Crippen molar-refractivity contribution in [2.75, 3.05) is 5.33 Å². The zero-order chi connectivity index (χ0) is 7.56. The lowest BCUT2D eigenvalue weighted by molar-refractivity contribution is -0.113. The molecule has 0 aliphatic carbocycles. The summed E-state index contributed by atoms with van der Waals surface area (Å²) in [7, 11) is 0. The normalized spacial score (nSPS) is 17.2. The fraction of sp³-hybridized carbons (Fsp3) is 0.400. The van der Waals surface area contributed by atoms with Crippen LogP contribution in [0.3, 0.4) is 0 Å². The summed E-state index contributed by atoms with van der Waals surface area (Å²) in [5.74, 6) is -0.282. The lowest BCUT2D eigenvalue weighted by atomic mass is 10.3. The van der Waals surface area contributed by atoms with Crippen LogP contribution >= 0.6 is 31.9 Å². The predicted molar refractivity (Wildman–Crippen MR) is 44.2 cm³/mol. The largest absolute Gasteiger partial charge is 0.304 e. The number of rotatable bonds is 2. The molecule has 1 heterocycles. The highest BCUT2D eigenvalue weighted by Gasteiger charge is 2.17. The molecule has 0 aromatic heterocycles. The molecule has 0 bridgehead atoms. The fourth-order valence-electron chi connectivity index (χ4n) is 0.566. The van der Waals surface area contributed by atoms with Crippen molar-refractivity contribution in [1.29, 1.82) is 0 Å². The van der Waals surface area contributed by atoms with Gasteiger partial charge in [-0.3, -0.25) is 4.79 Å². The Labute approximate surface area is 74.8 Å². The third-order valence-electron chi connectivity index (χ3n) is 1.03. The number of amides is 1. The second kappa shape index (κ2) is 3.39. The topological polar surface area (TPSA) is 41.8 Å². The Hall–Kier alpha value is -0.0300. The molecule has 5 heteroatoms. The van der Waals surface area contributed by atoms with Gasteiger partial charge in [0.25, 0.3) is 0 Å². The summed E-state index contributed by atoms with van der Waals surface area (Å²) in [6.45, 7) is 0. The van der Waals surface area contributed by atoms with Crippen LogP contribution in [0, 0.1) is 0 Å². The SMILES string of the molecule is O=C1N=NC(CCBr)=C1Br. The average molecular weight is 268 g/mol. The van der Waals surface area contributed by atoms with Crippen LogP contribution in [-0.4, -0.2) is 11.2 Å². The Morgan fingerprint density at radius 3 is 2.50 bits per heavy atom. The quantitative estimate of drug-likeness (QED) is 0.709. The van der Waals surface area contributed by atoms with Crippen LogP contribution in [0.4, 0.5) is 0 Å². The molecule has 0 saturated heterocycles. The van der Waals surface area contributed by atoms with Gasteiger partial charge in [0, 0.05) is 11.8 Å². The first kappa shape index (κ1) is 8.07. The van der Waals surface area contributed by atoms with Gasteiger partial charge in [0.1, 0.15) is 4.48 Å². The molecule has 1 aliphatic rings. The van der Waals surface area contributed by atoms with Gasteiger partial charge in [0.15, 0.2) is 0 Å². The molecule has 0 atom stereocenters. The number of hydrogen-bond donors (Lipinski definition) is 0. The molecule has 1 rings (SSSR count). The number of allylic oxidation sites excluding steroid dienone is 1. The first-order valence-corrected chi connectivity index (χ1v) is 4.58. The minimum atomic E-state index is -0.282. The van der Waals surface area contributed by atoms with E-state index in [1.165, 1.54) is 0 Å². The summed E-state index contributed by atoms with van der Waals surface area (Å²) in [5.41, 5.74) is 0.724. The van der Waals surface area contributed by atoms with E-state index in [0.29, 0.717) is 4.48 Å². The molecule has 3 nitrogen and oxygen atoms in total. The lowest BCUT2D eigenvalue weighted by Crippen LogP contribution is -1.87. The van der Waals surface area contributed by atoms with Crippen molar-refractivity contribution in [1.82, 2.24) is 0 Å². The molecule has 0 fully saturated rings. The molecule has 1 amide bonds. The number of hydrogen-bond acceptors (Lipinski definition) is 2. The van der Waals surface area contributed by atoms with E-state index in [4.69, 9.17) is 0 Å². The third kappa shape index (κ3) is 1.52. The highest BCUT2D eigenvalue weighted by atomic mass is 79.9. The number of halogens is 2. The zero-order valence-electron chi connectivity index (χ0n) is 4.97. The minimum Gasteiger partial charge on any atom is -0.264 e. The summed E-state index contributed by atoms with van der Waals surface area (Å²) in [6.07, 6.45) is 0.732. The van der Waals surface area contributed by atoms with Crippen LogP contribution in [0.25, 0.3) is 0 Å². The molecular weight excluding hydrogens is 264 g/mol. The fourth-order valence-corrected chi connectivity index (χ4v) is 1.30. The first-order valence-electron chi connectivity index (χ1n) is 2.66. The Kier molecular flexibility index (Phi) is 2.73. The van der Waals surface area contributed by atoms with Gasteiger partial charge in [-0.05, 0) is 15.9 Å². The van der Waals surface area contributed by atoms with Gasteiger partial charge >= 0.3 is 5.91 Å². The monoisotopic (exact) mass is 266 g/mol. The molecule has 0 radical (unpaired) electrons. The van der Waals surface area contributed by atoms with Crippen LogP contribution in [0.15, 0.2) is 20.4 Å². The molecule has 0 saturated carbocycles. The average Bonchev–Trinajstić information content (AvgIpc) is 2.20. The maximum atomic E-state index is 10.7. The van der Waals surface area contributed by atoms with Crippen molar-refractivity contribution in [3.63, 3.8) is 0 Å². The molecule has 0 unspecified atom stereocenters. The van der Waals surface area contributed by atoms with Crippen molar-refractivity contribution in [3.8, 4) is 0 Å². The standard InChI is InChI=1S/C5H4Br2N2O/c6-2-1-3-4(7)5(10)9-8-3/h1-2H2. The second-order valence-electron chi connectivity index (χ2n) is 1.70. The van der Waals surface area contributed by atoms with Crippen LogP contribution in [-0.2, 0) is 4.79 Å². The Morgan fingerprint density at radius 1 is 1.40 bits per heavy atom. The molecule has 0 spiro atoms. The summed E-state index contributed by atoms with van der Waals surface area (Å²) in [6, 6.07) is 0. The summed E-state index contributed by atoms with van der Waals surface area (Å²) < 4.78 is 0.493. The first-order chi connectivity index (χ1) is 4.75. The van der Waals surface area contributed by atoms with Gasteiger partial charge in [0.2, 0.25) is 0 Å². The number of azo groups is 1. The Balaban J connectivity index is 2.75. The van der Waals surface area contributed by atoms with E-state index in [-0.39, 0.29) is 5.91 Å². The van der Waals surface area contributed by atoms with Gasteiger partial charge in [-0.1, -0.05) is 15.9 Å². The molecule has 10 heavy (non-hydrogen) atoms. The number of alkyl halides is 1. The zero-order valence-corrected chi connectivity index (χ0v) is 8.14. The molecule has 0 N–H and O–H groups in total. The second-order valence-corrected chi connectivity index (χ2v) is 3.29. The Morgan fingerprint density at radius 2 is 2.10 bits per heavy atom. The summed E-state index contributed by atoms with van der Waals surface area (Å²) in [4.78, 5) is 10.7. The summed E-state index contributed by atoms with van der Waals surface area (Å²) in [5, 5.41) is 7.82. The van der Waals surface area contributed by atoms with E-state index in [1.54, 1.807) is 0 Å². The van der Waals surface area contributed by atoms with E-state index in [9.17, 15) is 4.79 Å². The summed E-state index contributed by atoms with van der Waals surface area (Å²) >= 11 is 6.33. The van der Waals surface area contributed by atoms with Gasteiger partial charge in [0.05, 0.1) is 5.70 Å². The van der Waals surface area contributed by atoms with Crippen molar-refractivity contribution in [3.05, 3.63) is 10.2 Å². The van der Waals surface area contributed by atoms with Crippen molar-refractivity contribution < 1.29 is 4.79 Å². The van der Waals surface area contributed by atoms with Crippen molar-refractivity contribution >= 4 is 37.8 Å². The van der Waals surface area contributed by atoms with Crippen LogP contribution in [0.1, 0.15) is 6.42 Å². The highest BCUT2D eigenvalue weighted by Crippen LogP contribution is 2.24. The van der Waals surface area contributed by atoms with Gasteiger partial charge < -0.3 is 0 Å². The minimum absolute atomic E-state index is 0.282. The Bertz CT molecular complexity index is 222. The lowest BCUT2D eigenvalue weighted by Gasteiger charge is -1.89. The predicted octanol–water partition coefficient (Wildman–Crippen LogP) is 2.37. The van der Waals surface area contributed by atoms with Crippen molar-refractivity contribution in [2.24, 2.45) is 10.2 Å². The number of carbonyl (C=O) groups excluding carboxylic acids is 1. The molecule has 54 valence electrons. The molecular formula is C5H4Br2N2O. The highest BCUT2D eigenvalue weighted by molar-refractivity contribution is 9.12. The molecule has 0 aromatic carbocycles. The van der Waals surface area contributed by atoms with E-state index in [2.05, 4.69) is 42.1 Å². The van der Waals surface area contributed by atoms with E-state index in [1.807, 2.05) is 0 Å². The van der Waals surface area contributed by atoms with Gasteiger partial charge in [-0.25, -0.2) is 0 Å². The van der Waals surface area contributed by atoms with Gasteiger partial charge in [-0.15, -0.1) is 5.11 Å². The van der Waals surface area contributed by atoms with Crippen molar-refractivity contribution in [2.45, 2.75) is 6.42 Å². The van der Waals surface area contributed by atoms with E-state index in [0.717, 1.165) is 17.4 Å². The van der Waals surface area contributed by atoms with Crippen LogP contribution in [0.5, 0.6) is 0 Å². The van der Waals surface area contributed by atoms with E-state index < -0.39 is 0 Å². The molecule has 0 aromatic rings. The van der Waals surface area contributed by atoms with Gasteiger partial charge in [-0.2, -0.15) is 5.11 Å². The number of nitrogens with zero attached hydrogens (tertiary/aromatic N) is 2. The number of carbonyl (C=O) groups is 1. The maximum Gasteiger partial charge on any atom is 0.304 e.